The SMILES string of the molecule is Cc1cc(-c2ccccc2)cc(-c2ccccc2)[n+]1CCc1cnc[nH]1.F[P-](F)(F)(F)(F)F. The molecule has 4 aromatic rings. The van der Waals surface area contributed by atoms with E-state index in [4.69, 9.17) is 0 Å². The Kier molecular flexibility index (Phi) is 6.40. The third kappa shape index (κ3) is 8.69. The van der Waals surface area contributed by atoms with E-state index in [1.54, 1.807) is 6.33 Å². The molecule has 0 amide bonds. The summed E-state index contributed by atoms with van der Waals surface area (Å²) in [6, 6.07) is 25.7. The topological polar surface area (TPSA) is 32.6 Å². The van der Waals surface area contributed by atoms with Crippen LogP contribution in [-0.4, -0.2) is 9.97 Å². The first kappa shape index (κ1) is 24.5. The fourth-order valence-corrected chi connectivity index (χ4v) is 3.36. The Morgan fingerprint density at radius 2 is 1.33 bits per heavy atom. The van der Waals surface area contributed by atoms with Crippen molar-refractivity contribution in [2.24, 2.45) is 0 Å². The van der Waals surface area contributed by atoms with Gasteiger partial charge < -0.3 is 4.98 Å². The number of halogens is 6. The van der Waals surface area contributed by atoms with Crippen LogP contribution in [0.2, 0.25) is 0 Å². The molecule has 0 unspecified atom stereocenters. The number of nitrogens with zero attached hydrogens (tertiary/aromatic N) is 2. The van der Waals surface area contributed by atoms with Crippen molar-refractivity contribution in [3.8, 4) is 22.4 Å². The molecular weight excluding hydrogens is 463 g/mol. The number of benzene rings is 2. The van der Waals surface area contributed by atoms with E-state index < -0.39 is 7.81 Å². The second-order valence-corrected chi connectivity index (χ2v) is 9.36. The van der Waals surface area contributed by atoms with E-state index >= 15 is 0 Å². The number of hydrogen-bond donors (Lipinski definition) is 1. The molecule has 0 aliphatic carbocycles. The maximum absolute atomic E-state index is 10.7. The zero-order chi connectivity index (χ0) is 24.2. The number of imidazole rings is 1. The van der Waals surface area contributed by atoms with Gasteiger partial charge in [0.2, 0.25) is 5.69 Å². The fraction of sp³-hybridized carbons (Fsp3) is 0.130. The van der Waals surface area contributed by atoms with Crippen molar-refractivity contribution in [1.82, 2.24) is 9.97 Å². The Bertz CT molecular complexity index is 1180. The summed E-state index contributed by atoms with van der Waals surface area (Å²) in [5.41, 5.74) is 7.38. The van der Waals surface area contributed by atoms with Gasteiger partial charge in [-0.05, 0) is 23.3 Å². The van der Waals surface area contributed by atoms with Crippen LogP contribution in [-0.2, 0) is 13.0 Å². The fourth-order valence-electron chi connectivity index (χ4n) is 3.36. The van der Waals surface area contributed by atoms with Gasteiger partial charge in [0.1, 0.15) is 0 Å². The van der Waals surface area contributed by atoms with Crippen LogP contribution < -0.4 is 4.57 Å². The molecule has 2 heterocycles. The summed E-state index contributed by atoms with van der Waals surface area (Å²) < 4.78 is 61.6. The van der Waals surface area contributed by atoms with Crippen molar-refractivity contribution in [3.05, 3.63) is 96.7 Å². The summed E-state index contributed by atoms with van der Waals surface area (Å²) in [5.74, 6) is 0. The number of H-pyrrole nitrogens is 1. The summed E-state index contributed by atoms with van der Waals surface area (Å²) in [5, 5.41) is 0. The van der Waals surface area contributed by atoms with Crippen LogP contribution in [0.1, 0.15) is 11.4 Å². The van der Waals surface area contributed by atoms with Crippen molar-refractivity contribution in [3.63, 3.8) is 0 Å². The third-order valence-corrected chi connectivity index (χ3v) is 4.71. The Labute approximate surface area is 187 Å². The van der Waals surface area contributed by atoms with Gasteiger partial charge in [-0.1, -0.05) is 48.5 Å². The molecule has 2 aromatic heterocycles. The van der Waals surface area contributed by atoms with Crippen LogP contribution in [0.25, 0.3) is 22.4 Å². The van der Waals surface area contributed by atoms with Crippen LogP contribution in [0.4, 0.5) is 25.2 Å². The van der Waals surface area contributed by atoms with Crippen molar-refractivity contribution in [1.29, 1.82) is 0 Å². The number of hydrogen-bond acceptors (Lipinski definition) is 1. The zero-order valence-corrected chi connectivity index (χ0v) is 18.5. The van der Waals surface area contributed by atoms with Crippen molar-refractivity contribution in [2.75, 3.05) is 0 Å². The second kappa shape index (κ2) is 8.63. The summed E-state index contributed by atoms with van der Waals surface area (Å²) in [7, 11) is -10.7. The van der Waals surface area contributed by atoms with Gasteiger partial charge >= 0.3 is 33.0 Å². The molecule has 0 bridgehead atoms. The van der Waals surface area contributed by atoms with Crippen LogP contribution >= 0.6 is 7.81 Å². The molecule has 4 rings (SSSR count). The van der Waals surface area contributed by atoms with Crippen LogP contribution in [0.3, 0.4) is 0 Å². The van der Waals surface area contributed by atoms with Crippen LogP contribution in [0, 0.1) is 6.92 Å². The van der Waals surface area contributed by atoms with E-state index in [0.29, 0.717) is 0 Å². The monoisotopic (exact) mass is 485 g/mol. The second-order valence-electron chi connectivity index (χ2n) is 7.44. The minimum absolute atomic E-state index is 0.910. The molecule has 176 valence electrons. The number of nitrogens with one attached hydrogen (secondary N) is 1. The van der Waals surface area contributed by atoms with Gasteiger partial charge in [0.15, 0.2) is 12.2 Å². The Hall–Kier alpha value is -3.19. The van der Waals surface area contributed by atoms with Crippen molar-refractivity contribution < 1.29 is 29.7 Å². The van der Waals surface area contributed by atoms with E-state index in [1.807, 2.05) is 6.20 Å². The first-order chi connectivity index (χ1) is 15.3. The van der Waals surface area contributed by atoms with E-state index in [2.05, 4.69) is 94.3 Å². The van der Waals surface area contributed by atoms with Crippen LogP contribution in [0.15, 0.2) is 85.3 Å². The zero-order valence-electron chi connectivity index (χ0n) is 17.6. The molecule has 1 N–H and O–H groups in total. The van der Waals surface area contributed by atoms with Gasteiger partial charge in [-0.2, -0.15) is 4.57 Å². The summed E-state index contributed by atoms with van der Waals surface area (Å²) >= 11 is 0. The van der Waals surface area contributed by atoms with Gasteiger partial charge in [-0.3, -0.25) is 0 Å². The van der Waals surface area contributed by atoms with Gasteiger partial charge in [0.25, 0.3) is 0 Å². The van der Waals surface area contributed by atoms with Gasteiger partial charge in [0.05, 0.1) is 6.33 Å². The average molecular weight is 485 g/mol. The van der Waals surface area contributed by atoms with E-state index in [9.17, 15) is 25.2 Å². The normalized spacial score (nSPS) is 13.4. The number of aromatic amines is 1. The van der Waals surface area contributed by atoms with Gasteiger partial charge in [0, 0.05) is 42.9 Å². The molecule has 0 atom stereocenters. The predicted molar refractivity (Wildman–Crippen MR) is 118 cm³/mol. The van der Waals surface area contributed by atoms with Crippen molar-refractivity contribution >= 4 is 7.81 Å². The third-order valence-electron chi connectivity index (χ3n) is 4.71. The molecule has 0 aliphatic heterocycles. The molecule has 0 fully saturated rings. The summed E-state index contributed by atoms with van der Waals surface area (Å²) in [6.45, 7) is 3.10. The van der Waals surface area contributed by atoms with Crippen LogP contribution in [0.5, 0.6) is 0 Å². The predicted octanol–water partition coefficient (Wildman–Crippen LogP) is 7.96. The molecule has 0 radical (unpaired) electrons. The first-order valence-electron chi connectivity index (χ1n) is 9.95. The number of aryl methyl sites for hydroxylation is 2. The molecule has 3 nitrogen and oxygen atoms in total. The maximum atomic E-state index is 9.87. The quantitative estimate of drug-likeness (QED) is 0.174. The number of rotatable bonds is 5. The molecule has 0 saturated heterocycles. The molecule has 33 heavy (non-hydrogen) atoms. The Morgan fingerprint density at radius 3 is 1.85 bits per heavy atom. The number of pyridine rings is 1. The van der Waals surface area contributed by atoms with Gasteiger partial charge in [-0.25, -0.2) is 4.98 Å². The minimum atomic E-state index is -10.7. The summed E-state index contributed by atoms with van der Waals surface area (Å²) in [4.78, 5) is 7.33. The molecule has 0 aliphatic rings. The van der Waals surface area contributed by atoms with E-state index in [1.165, 1.54) is 28.1 Å². The summed E-state index contributed by atoms with van der Waals surface area (Å²) in [6.07, 6.45) is 4.57. The average Bonchev–Trinajstić information content (AvgIpc) is 3.25. The first-order valence-corrected chi connectivity index (χ1v) is 12.0. The number of aromatic nitrogens is 3. The van der Waals surface area contributed by atoms with Crippen molar-refractivity contribution in [2.45, 2.75) is 19.9 Å². The van der Waals surface area contributed by atoms with E-state index in [-0.39, 0.29) is 0 Å². The molecule has 10 heteroatoms. The van der Waals surface area contributed by atoms with Gasteiger partial charge in [-0.15, -0.1) is 0 Å². The molecule has 0 spiro atoms. The van der Waals surface area contributed by atoms with E-state index in [0.717, 1.165) is 18.7 Å². The molecule has 0 saturated carbocycles. The standard InChI is InChI=1S/C23H22N3.F6P/c1-18-14-21(19-8-4-2-5-9-19)15-23(20-10-6-3-7-11-20)26(18)13-12-22-16-24-17-25-22;1-7(2,3,4,5)6/h2-11,14-17H,12-13H2,1H3,(H,24,25);/q+1;-1. The molecular formula is C23H22F6N3P. The Morgan fingerprint density at radius 1 is 0.788 bits per heavy atom. The molecule has 2 aromatic carbocycles. The Balaban J connectivity index is 0.000000383.